The first kappa shape index (κ1) is 16.2. The number of amides is 3. The topological polar surface area (TPSA) is 133 Å². The van der Waals surface area contributed by atoms with E-state index in [9.17, 15) is 19.5 Å². The first-order chi connectivity index (χ1) is 9.32. The fourth-order valence-corrected chi connectivity index (χ4v) is 2.35. The summed E-state index contributed by atoms with van der Waals surface area (Å²) in [6, 6.07) is -2.33. The summed E-state index contributed by atoms with van der Waals surface area (Å²) in [7, 11) is 1.50. The number of hydrogen-bond donors (Lipinski definition) is 4. The number of urea groups is 1. The van der Waals surface area contributed by atoms with Gasteiger partial charge in [0.05, 0.1) is 18.6 Å². The van der Waals surface area contributed by atoms with Gasteiger partial charge in [-0.3, -0.25) is 4.79 Å². The van der Waals surface area contributed by atoms with Crippen molar-refractivity contribution in [2.45, 2.75) is 50.3 Å². The first-order valence-corrected chi connectivity index (χ1v) is 6.55. The van der Waals surface area contributed by atoms with Gasteiger partial charge in [-0.15, -0.1) is 0 Å². The minimum absolute atomic E-state index is 0.341. The van der Waals surface area contributed by atoms with E-state index >= 15 is 0 Å². The van der Waals surface area contributed by atoms with Crippen LogP contribution in [0.5, 0.6) is 0 Å². The van der Waals surface area contributed by atoms with E-state index < -0.39 is 36.5 Å². The standard InChI is InChI=1S/C12H21N3O5/c1-15(8-4-2-3-5-9(8)16)12(20)14-7(11(18)19)6-10(13)17/h7-9,16H,2-6H2,1H3,(H2,13,17)(H,14,20)(H,18,19)/t7-,8?,9?/m0/s1. The maximum absolute atomic E-state index is 12.0. The number of nitrogens with one attached hydrogen (secondary N) is 1. The number of hydrogen-bond acceptors (Lipinski definition) is 4. The van der Waals surface area contributed by atoms with Crippen LogP contribution < -0.4 is 11.1 Å². The normalized spacial score (nSPS) is 23.7. The Bertz CT molecular complexity index is 387. The predicted molar refractivity (Wildman–Crippen MR) is 69.8 cm³/mol. The van der Waals surface area contributed by atoms with Crippen molar-refractivity contribution in [2.75, 3.05) is 7.05 Å². The minimum atomic E-state index is -1.36. The molecule has 5 N–H and O–H groups in total. The van der Waals surface area contributed by atoms with Gasteiger partial charge in [0.1, 0.15) is 6.04 Å². The second-order valence-electron chi connectivity index (χ2n) is 5.04. The number of primary amides is 1. The van der Waals surface area contributed by atoms with Crippen LogP contribution in [0.4, 0.5) is 4.79 Å². The van der Waals surface area contributed by atoms with Crippen molar-refractivity contribution < 1.29 is 24.6 Å². The van der Waals surface area contributed by atoms with Gasteiger partial charge in [-0.2, -0.15) is 0 Å². The molecule has 1 aliphatic rings. The van der Waals surface area contributed by atoms with Gasteiger partial charge in [0, 0.05) is 7.05 Å². The molecule has 114 valence electrons. The molecule has 3 atom stereocenters. The zero-order valence-electron chi connectivity index (χ0n) is 11.4. The van der Waals surface area contributed by atoms with E-state index in [2.05, 4.69) is 5.32 Å². The van der Waals surface area contributed by atoms with Crippen LogP contribution in [-0.4, -0.2) is 58.3 Å². The number of aliphatic carboxylic acids is 1. The highest BCUT2D eigenvalue weighted by Gasteiger charge is 2.31. The van der Waals surface area contributed by atoms with E-state index in [1.807, 2.05) is 0 Å². The zero-order chi connectivity index (χ0) is 15.3. The van der Waals surface area contributed by atoms with E-state index in [4.69, 9.17) is 10.8 Å². The summed E-state index contributed by atoms with van der Waals surface area (Å²) in [6.07, 6.45) is 2.02. The Labute approximate surface area is 116 Å². The molecule has 8 nitrogen and oxygen atoms in total. The summed E-state index contributed by atoms with van der Waals surface area (Å²) >= 11 is 0. The molecule has 20 heavy (non-hydrogen) atoms. The third-order valence-electron chi connectivity index (χ3n) is 3.51. The van der Waals surface area contributed by atoms with Crippen molar-refractivity contribution in [3.63, 3.8) is 0 Å². The highest BCUT2D eigenvalue weighted by atomic mass is 16.4. The third-order valence-corrected chi connectivity index (χ3v) is 3.51. The van der Waals surface area contributed by atoms with E-state index in [1.165, 1.54) is 11.9 Å². The molecule has 1 rings (SSSR count). The van der Waals surface area contributed by atoms with Gasteiger partial charge in [0.25, 0.3) is 0 Å². The van der Waals surface area contributed by atoms with E-state index in [0.29, 0.717) is 12.8 Å². The van der Waals surface area contributed by atoms with Gasteiger partial charge in [-0.05, 0) is 12.8 Å². The van der Waals surface area contributed by atoms with Gasteiger partial charge in [-0.25, -0.2) is 9.59 Å². The van der Waals surface area contributed by atoms with Crippen LogP contribution in [0.1, 0.15) is 32.1 Å². The molecule has 8 heteroatoms. The van der Waals surface area contributed by atoms with E-state index in [-0.39, 0.29) is 6.04 Å². The number of aliphatic hydroxyl groups is 1. The number of carbonyl (C=O) groups excluding carboxylic acids is 2. The number of aliphatic hydroxyl groups excluding tert-OH is 1. The molecule has 3 amide bonds. The molecule has 0 heterocycles. The molecule has 0 aromatic carbocycles. The van der Waals surface area contributed by atoms with Crippen molar-refractivity contribution in [1.82, 2.24) is 10.2 Å². The summed E-state index contributed by atoms with van der Waals surface area (Å²) in [5.41, 5.74) is 4.94. The Morgan fingerprint density at radius 3 is 2.45 bits per heavy atom. The maximum atomic E-state index is 12.0. The van der Waals surface area contributed by atoms with Gasteiger partial charge >= 0.3 is 12.0 Å². The molecule has 1 aliphatic carbocycles. The van der Waals surface area contributed by atoms with Crippen molar-refractivity contribution in [1.29, 1.82) is 0 Å². The Morgan fingerprint density at radius 2 is 1.95 bits per heavy atom. The van der Waals surface area contributed by atoms with Crippen molar-refractivity contribution in [2.24, 2.45) is 5.73 Å². The number of carboxylic acids is 1. The number of carboxylic acid groups (broad SMARTS) is 1. The fourth-order valence-electron chi connectivity index (χ4n) is 2.35. The second kappa shape index (κ2) is 7.09. The largest absolute Gasteiger partial charge is 0.480 e. The quantitative estimate of drug-likeness (QED) is 0.528. The van der Waals surface area contributed by atoms with Crippen molar-refractivity contribution in [3.8, 4) is 0 Å². The van der Waals surface area contributed by atoms with Crippen LogP contribution in [0, 0.1) is 0 Å². The maximum Gasteiger partial charge on any atom is 0.326 e. The average molecular weight is 287 g/mol. The highest BCUT2D eigenvalue weighted by molar-refractivity contribution is 5.87. The molecule has 0 radical (unpaired) electrons. The van der Waals surface area contributed by atoms with Gasteiger partial charge < -0.3 is 26.2 Å². The molecule has 0 bridgehead atoms. The molecule has 0 aliphatic heterocycles. The van der Waals surface area contributed by atoms with Crippen molar-refractivity contribution in [3.05, 3.63) is 0 Å². The number of nitrogens with two attached hydrogens (primary N) is 1. The van der Waals surface area contributed by atoms with Crippen molar-refractivity contribution >= 4 is 17.9 Å². The van der Waals surface area contributed by atoms with Crippen LogP contribution in [0.25, 0.3) is 0 Å². The number of rotatable bonds is 5. The Balaban J connectivity index is 2.63. The molecule has 0 aromatic heterocycles. The van der Waals surface area contributed by atoms with Gasteiger partial charge in [0.15, 0.2) is 0 Å². The van der Waals surface area contributed by atoms with Gasteiger partial charge in [-0.1, -0.05) is 12.8 Å². The Hall–Kier alpha value is -1.83. The lowest BCUT2D eigenvalue weighted by molar-refractivity contribution is -0.141. The monoisotopic (exact) mass is 287 g/mol. The predicted octanol–water partition coefficient (Wildman–Crippen LogP) is -0.740. The van der Waals surface area contributed by atoms with E-state index in [1.54, 1.807) is 0 Å². The molecule has 0 spiro atoms. The Kier molecular flexibility index (Phi) is 5.75. The third kappa shape index (κ3) is 4.37. The lowest BCUT2D eigenvalue weighted by atomic mass is 9.92. The fraction of sp³-hybridized carbons (Fsp3) is 0.750. The lowest BCUT2D eigenvalue weighted by Gasteiger charge is -2.35. The summed E-state index contributed by atoms with van der Waals surface area (Å²) in [6.45, 7) is 0. The first-order valence-electron chi connectivity index (χ1n) is 6.55. The van der Waals surface area contributed by atoms with Gasteiger partial charge in [0.2, 0.25) is 5.91 Å². The average Bonchev–Trinajstić information content (AvgIpc) is 2.37. The minimum Gasteiger partial charge on any atom is -0.480 e. The molecular formula is C12H21N3O5. The van der Waals surface area contributed by atoms with Crippen LogP contribution in [0.15, 0.2) is 0 Å². The summed E-state index contributed by atoms with van der Waals surface area (Å²) in [4.78, 5) is 35.0. The number of carbonyl (C=O) groups is 3. The zero-order valence-corrected chi connectivity index (χ0v) is 11.4. The van der Waals surface area contributed by atoms with Crippen LogP contribution >= 0.6 is 0 Å². The SMILES string of the molecule is CN(C(=O)N[C@@H](CC(N)=O)C(=O)O)C1CCCCC1O. The molecule has 2 unspecified atom stereocenters. The Morgan fingerprint density at radius 1 is 1.35 bits per heavy atom. The molecule has 0 aromatic rings. The highest BCUT2D eigenvalue weighted by Crippen LogP contribution is 2.22. The summed E-state index contributed by atoms with van der Waals surface area (Å²) < 4.78 is 0. The van der Waals surface area contributed by atoms with Crippen LogP contribution in [0.2, 0.25) is 0 Å². The van der Waals surface area contributed by atoms with E-state index in [0.717, 1.165) is 12.8 Å². The number of nitrogens with zero attached hydrogens (tertiary/aromatic N) is 1. The molecule has 1 saturated carbocycles. The lowest BCUT2D eigenvalue weighted by Crippen LogP contribution is -2.54. The molecular weight excluding hydrogens is 266 g/mol. The smallest absolute Gasteiger partial charge is 0.326 e. The summed E-state index contributed by atoms with van der Waals surface area (Å²) in [5, 5.41) is 21.0. The summed E-state index contributed by atoms with van der Waals surface area (Å²) in [5.74, 6) is -2.13. The van der Waals surface area contributed by atoms with Crippen LogP contribution in [0.3, 0.4) is 0 Å². The van der Waals surface area contributed by atoms with Crippen LogP contribution in [-0.2, 0) is 9.59 Å². The molecule has 0 saturated heterocycles. The molecule has 1 fully saturated rings. The number of likely N-dealkylation sites (N-methyl/N-ethyl adjacent to an activating group) is 1. The second-order valence-corrected chi connectivity index (χ2v) is 5.04.